The van der Waals surface area contributed by atoms with Gasteiger partial charge in [0.25, 0.3) is 5.91 Å². The lowest BCUT2D eigenvalue weighted by Crippen LogP contribution is -2.11. The first-order valence-corrected chi connectivity index (χ1v) is 8.58. The second-order valence-electron chi connectivity index (χ2n) is 4.92. The van der Waals surface area contributed by atoms with Crippen LogP contribution in [0.3, 0.4) is 0 Å². The highest BCUT2D eigenvalue weighted by Gasteiger charge is 2.30. The molecule has 0 aliphatic heterocycles. The Morgan fingerprint density at radius 1 is 1.29 bits per heavy atom. The van der Waals surface area contributed by atoms with Crippen molar-refractivity contribution < 1.29 is 23.1 Å². The Bertz CT molecular complexity index is 946. The summed E-state index contributed by atoms with van der Waals surface area (Å²) in [4.78, 5) is 12.9. The largest absolute Gasteiger partial charge is 0.506 e. The summed E-state index contributed by atoms with van der Waals surface area (Å²) in [7, 11) is 0. The van der Waals surface area contributed by atoms with Gasteiger partial charge in [0.2, 0.25) is 0 Å². The number of phenolic OH excluding ortho intramolecular Hbond substituents is 1. The van der Waals surface area contributed by atoms with Crippen LogP contribution in [0.4, 0.5) is 13.2 Å². The summed E-state index contributed by atoms with van der Waals surface area (Å²) < 4.78 is 38.6. The van der Waals surface area contributed by atoms with E-state index < -0.39 is 11.4 Å². The molecule has 2 heterocycles. The van der Waals surface area contributed by atoms with E-state index in [4.69, 9.17) is 11.6 Å². The molecule has 0 spiro atoms. The maximum Gasteiger partial charge on any atom is 0.447 e. The van der Waals surface area contributed by atoms with E-state index in [-0.39, 0.29) is 31.6 Å². The molecule has 0 unspecified atom stereocenters. The van der Waals surface area contributed by atoms with E-state index >= 15 is 0 Å². The zero-order valence-corrected chi connectivity index (χ0v) is 14.4. The highest BCUT2D eigenvalue weighted by Crippen LogP contribution is 2.41. The minimum absolute atomic E-state index is 0.00404. The normalized spacial score (nSPS) is 12.0. The molecule has 0 saturated heterocycles. The van der Waals surface area contributed by atoms with Gasteiger partial charge in [0.15, 0.2) is 0 Å². The zero-order chi connectivity index (χ0) is 17.6. The van der Waals surface area contributed by atoms with Crippen molar-refractivity contribution in [2.24, 2.45) is 0 Å². The summed E-state index contributed by atoms with van der Waals surface area (Å²) in [5.41, 5.74) is -3.34. The maximum absolute atomic E-state index is 12.7. The van der Waals surface area contributed by atoms with Crippen molar-refractivity contribution in [2.75, 3.05) is 0 Å². The molecule has 0 radical (unpaired) electrons. The Hall–Kier alpha value is -1.64. The number of fused-ring (bicyclic) bond motifs is 1. The monoisotopic (exact) mass is 391 g/mol. The van der Waals surface area contributed by atoms with Gasteiger partial charge in [0.05, 0.1) is 19.6 Å². The molecule has 0 saturated carbocycles. The Kier molecular flexibility index (Phi) is 4.31. The molecule has 9 heteroatoms. The van der Waals surface area contributed by atoms with Crippen molar-refractivity contribution in [1.82, 2.24) is 4.57 Å². The molecule has 0 bridgehead atoms. The number of rotatable bonds is 2. The Morgan fingerprint density at radius 3 is 2.67 bits per heavy atom. The van der Waals surface area contributed by atoms with Crippen LogP contribution in [-0.4, -0.2) is 21.1 Å². The van der Waals surface area contributed by atoms with Crippen LogP contribution in [0.25, 0.3) is 10.9 Å². The molecule has 1 aromatic carbocycles. The van der Waals surface area contributed by atoms with Gasteiger partial charge in [-0.05, 0) is 49.0 Å². The van der Waals surface area contributed by atoms with Gasteiger partial charge in [-0.1, -0.05) is 11.6 Å². The van der Waals surface area contributed by atoms with Gasteiger partial charge in [-0.25, -0.2) is 0 Å². The number of carbonyl (C=O) groups is 1. The minimum Gasteiger partial charge on any atom is -0.506 e. The second-order valence-corrected chi connectivity index (χ2v) is 7.75. The van der Waals surface area contributed by atoms with E-state index in [1.807, 2.05) is 0 Å². The molecule has 0 aliphatic rings. The predicted octanol–water partition coefficient (Wildman–Crippen LogP) is 5.67. The minimum atomic E-state index is -4.40. The predicted molar refractivity (Wildman–Crippen MR) is 89.3 cm³/mol. The van der Waals surface area contributed by atoms with Crippen LogP contribution in [-0.2, 0) is 0 Å². The number of benzene rings is 1. The molecule has 3 rings (SSSR count). The number of thioether (sulfide) groups is 1. The molecular formula is C15H9ClF3NO2S2. The highest BCUT2D eigenvalue weighted by molar-refractivity contribution is 8.02. The molecular weight excluding hydrogens is 383 g/mol. The first-order chi connectivity index (χ1) is 11.2. The zero-order valence-electron chi connectivity index (χ0n) is 12.0. The van der Waals surface area contributed by atoms with E-state index in [1.54, 1.807) is 19.1 Å². The number of thiophene rings is 1. The van der Waals surface area contributed by atoms with Crippen molar-refractivity contribution >= 4 is 51.5 Å². The summed E-state index contributed by atoms with van der Waals surface area (Å²) in [5, 5.41) is 10.3. The van der Waals surface area contributed by atoms with Gasteiger partial charge < -0.3 is 5.11 Å². The average Bonchev–Trinajstić information content (AvgIpc) is 3.05. The summed E-state index contributed by atoms with van der Waals surface area (Å²) in [6, 6.07) is 7.20. The molecule has 3 nitrogen and oxygen atoms in total. The SMILES string of the molecule is Cc1cc2c(Cl)c(O)ccc2n1C(=O)c1ccc(SC(F)(F)F)s1. The van der Waals surface area contributed by atoms with Crippen LogP contribution in [0.5, 0.6) is 5.75 Å². The Balaban J connectivity index is 2.03. The molecule has 0 atom stereocenters. The van der Waals surface area contributed by atoms with Gasteiger partial charge in [-0.2, -0.15) is 13.2 Å². The molecule has 0 amide bonds. The van der Waals surface area contributed by atoms with Gasteiger partial charge >= 0.3 is 5.51 Å². The summed E-state index contributed by atoms with van der Waals surface area (Å²) in [6.07, 6.45) is 0. The standard InChI is InChI=1S/C15H9ClF3NO2S2/c1-7-6-8-9(2-3-10(21)13(8)16)20(7)14(22)11-4-5-12(23-11)24-15(17,18)19/h2-6,21H,1H3. The lowest BCUT2D eigenvalue weighted by molar-refractivity contribution is -0.0327. The fourth-order valence-electron chi connectivity index (χ4n) is 2.35. The quantitative estimate of drug-likeness (QED) is 0.572. The van der Waals surface area contributed by atoms with Crippen LogP contribution < -0.4 is 0 Å². The van der Waals surface area contributed by atoms with Crippen LogP contribution in [0, 0.1) is 6.92 Å². The number of nitrogens with zero attached hydrogens (tertiary/aromatic N) is 1. The maximum atomic E-state index is 12.7. The number of hydrogen-bond acceptors (Lipinski definition) is 4. The van der Waals surface area contributed by atoms with Gasteiger partial charge in [0.1, 0.15) is 5.75 Å². The summed E-state index contributed by atoms with van der Waals surface area (Å²) in [6.45, 7) is 1.68. The number of halogens is 4. The highest BCUT2D eigenvalue weighted by atomic mass is 35.5. The number of aromatic nitrogens is 1. The van der Waals surface area contributed by atoms with Crippen LogP contribution in [0.15, 0.2) is 34.5 Å². The Labute approximate surface area is 147 Å². The van der Waals surface area contributed by atoms with E-state index in [0.29, 0.717) is 16.6 Å². The van der Waals surface area contributed by atoms with E-state index in [2.05, 4.69) is 0 Å². The molecule has 1 N–H and O–H groups in total. The van der Waals surface area contributed by atoms with Crippen molar-refractivity contribution in [3.8, 4) is 5.75 Å². The number of aryl methyl sites for hydroxylation is 1. The fourth-order valence-corrected chi connectivity index (χ4v) is 4.32. The van der Waals surface area contributed by atoms with E-state index in [9.17, 15) is 23.1 Å². The first kappa shape index (κ1) is 17.2. The van der Waals surface area contributed by atoms with Gasteiger partial charge in [-0.15, -0.1) is 11.3 Å². The molecule has 126 valence electrons. The van der Waals surface area contributed by atoms with Gasteiger partial charge in [0, 0.05) is 11.1 Å². The van der Waals surface area contributed by atoms with Crippen LogP contribution in [0.1, 0.15) is 15.4 Å². The van der Waals surface area contributed by atoms with Crippen LogP contribution >= 0.6 is 34.7 Å². The lowest BCUT2D eigenvalue weighted by Gasteiger charge is -2.06. The summed E-state index contributed by atoms with van der Waals surface area (Å²) >= 11 is 6.57. The molecule has 0 aliphatic carbocycles. The summed E-state index contributed by atoms with van der Waals surface area (Å²) in [5.74, 6) is -0.544. The molecule has 2 aromatic heterocycles. The van der Waals surface area contributed by atoms with Gasteiger partial charge in [-0.3, -0.25) is 9.36 Å². The number of aromatic hydroxyl groups is 1. The third-order valence-electron chi connectivity index (χ3n) is 3.29. The second kappa shape index (κ2) is 6.02. The van der Waals surface area contributed by atoms with Crippen molar-refractivity contribution in [3.05, 3.63) is 45.9 Å². The third-order valence-corrected chi connectivity index (χ3v) is 5.63. The molecule has 24 heavy (non-hydrogen) atoms. The van der Waals surface area contributed by atoms with Crippen molar-refractivity contribution in [2.45, 2.75) is 16.6 Å². The van der Waals surface area contributed by atoms with Crippen molar-refractivity contribution in [3.63, 3.8) is 0 Å². The van der Waals surface area contributed by atoms with E-state index in [1.165, 1.54) is 22.8 Å². The average molecular weight is 392 g/mol. The number of hydrogen-bond donors (Lipinski definition) is 1. The first-order valence-electron chi connectivity index (χ1n) is 6.57. The third kappa shape index (κ3) is 3.13. The fraction of sp³-hybridized carbons (Fsp3) is 0.133. The Morgan fingerprint density at radius 2 is 2.00 bits per heavy atom. The smallest absolute Gasteiger partial charge is 0.447 e. The number of carbonyl (C=O) groups excluding carboxylic acids is 1. The molecule has 0 fully saturated rings. The van der Waals surface area contributed by atoms with E-state index in [0.717, 1.165) is 11.3 Å². The lowest BCUT2D eigenvalue weighted by atomic mass is 10.2. The molecule has 3 aromatic rings. The van der Waals surface area contributed by atoms with Crippen LogP contribution in [0.2, 0.25) is 5.02 Å². The topological polar surface area (TPSA) is 42.2 Å². The number of phenols is 1. The van der Waals surface area contributed by atoms with Crippen molar-refractivity contribution in [1.29, 1.82) is 0 Å². The number of alkyl halides is 3.